The first-order valence-electron chi connectivity index (χ1n) is 7.33. The van der Waals surface area contributed by atoms with Crippen LogP contribution in [0.2, 0.25) is 0 Å². The van der Waals surface area contributed by atoms with Gasteiger partial charge in [0.1, 0.15) is 0 Å². The zero-order chi connectivity index (χ0) is 19.3. The number of halogens is 3. The van der Waals surface area contributed by atoms with Crippen LogP contribution in [0.4, 0.5) is 30.2 Å². The fourth-order valence-corrected chi connectivity index (χ4v) is 2.08. The standard InChI is InChI=1S/C17H14F3N3O3/c1-10(24)21-11-5-4-6-12(9-11)22-15(25)16(26)23-14-8-3-2-7-13(14)17(18,19)20/h2-9H,1H3,(H,21,24)(H,22,25)(H,23,26). The number of anilines is 3. The van der Waals surface area contributed by atoms with Crippen LogP contribution in [0.3, 0.4) is 0 Å². The molecule has 0 fully saturated rings. The number of amides is 3. The molecule has 6 nitrogen and oxygen atoms in total. The summed E-state index contributed by atoms with van der Waals surface area (Å²) in [5, 5.41) is 6.69. The van der Waals surface area contributed by atoms with Gasteiger partial charge in [0.2, 0.25) is 5.91 Å². The van der Waals surface area contributed by atoms with E-state index < -0.39 is 29.2 Å². The Morgan fingerprint density at radius 1 is 0.808 bits per heavy atom. The molecule has 0 bridgehead atoms. The van der Waals surface area contributed by atoms with Crippen LogP contribution in [0.25, 0.3) is 0 Å². The van der Waals surface area contributed by atoms with Crippen LogP contribution in [0, 0.1) is 0 Å². The molecule has 2 aromatic rings. The van der Waals surface area contributed by atoms with E-state index in [2.05, 4.69) is 10.6 Å². The van der Waals surface area contributed by atoms with E-state index in [1.807, 2.05) is 5.32 Å². The van der Waals surface area contributed by atoms with Crippen molar-refractivity contribution in [2.45, 2.75) is 13.1 Å². The number of benzene rings is 2. The van der Waals surface area contributed by atoms with Gasteiger partial charge in [0.15, 0.2) is 0 Å². The highest BCUT2D eigenvalue weighted by Gasteiger charge is 2.34. The third-order valence-electron chi connectivity index (χ3n) is 3.13. The Morgan fingerprint density at radius 2 is 1.38 bits per heavy atom. The molecule has 136 valence electrons. The highest BCUT2D eigenvalue weighted by molar-refractivity contribution is 6.43. The van der Waals surface area contributed by atoms with Crippen LogP contribution in [0.15, 0.2) is 48.5 Å². The molecule has 0 spiro atoms. The van der Waals surface area contributed by atoms with Gasteiger partial charge in [-0.3, -0.25) is 14.4 Å². The summed E-state index contributed by atoms with van der Waals surface area (Å²) in [6.45, 7) is 1.30. The topological polar surface area (TPSA) is 87.3 Å². The summed E-state index contributed by atoms with van der Waals surface area (Å²) in [6.07, 6.45) is -4.67. The molecule has 0 aromatic heterocycles. The van der Waals surface area contributed by atoms with E-state index in [0.717, 1.165) is 12.1 Å². The predicted octanol–water partition coefficient (Wildman–Crippen LogP) is 3.24. The molecule has 0 unspecified atom stereocenters. The molecule has 0 atom stereocenters. The Bertz CT molecular complexity index is 850. The maximum Gasteiger partial charge on any atom is 0.418 e. The Morgan fingerprint density at radius 3 is 2.00 bits per heavy atom. The van der Waals surface area contributed by atoms with Gasteiger partial charge >= 0.3 is 18.0 Å². The van der Waals surface area contributed by atoms with Gasteiger partial charge in [0, 0.05) is 18.3 Å². The fraction of sp³-hybridized carbons (Fsp3) is 0.118. The number of carbonyl (C=O) groups excluding carboxylic acids is 3. The van der Waals surface area contributed by atoms with Crippen LogP contribution >= 0.6 is 0 Å². The first-order valence-corrected chi connectivity index (χ1v) is 7.33. The summed E-state index contributed by atoms with van der Waals surface area (Å²) in [4.78, 5) is 34.8. The average Bonchev–Trinajstić information content (AvgIpc) is 2.54. The Hall–Kier alpha value is -3.36. The van der Waals surface area contributed by atoms with Gasteiger partial charge in [-0.1, -0.05) is 18.2 Å². The summed E-state index contributed by atoms with van der Waals surface area (Å²) in [5.41, 5.74) is -1.00. The van der Waals surface area contributed by atoms with Crippen molar-refractivity contribution in [2.75, 3.05) is 16.0 Å². The molecular weight excluding hydrogens is 351 g/mol. The molecule has 0 saturated heterocycles. The summed E-state index contributed by atoms with van der Waals surface area (Å²) in [6, 6.07) is 10.3. The minimum absolute atomic E-state index is 0.195. The Labute approximate surface area is 146 Å². The fourth-order valence-electron chi connectivity index (χ4n) is 2.08. The van der Waals surface area contributed by atoms with Crippen molar-refractivity contribution in [2.24, 2.45) is 0 Å². The van der Waals surface area contributed by atoms with Gasteiger partial charge in [-0.2, -0.15) is 13.2 Å². The molecule has 3 amide bonds. The second-order valence-electron chi connectivity index (χ2n) is 5.21. The SMILES string of the molecule is CC(=O)Nc1cccc(NC(=O)C(=O)Nc2ccccc2C(F)(F)F)c1. The van der Waals surface area contributed by atoms with Crippen LogP contribution in [-0.4, -0.2) is 17.7 Å². The quantitative estimate of drug-likeness (QED) is 0.730. The van der Waals surface area contributed by atoms with Crippen LogP contribution < -0.4 is 16.0 Å². The lowest BCUT2D eigenvalue weighted by atomic mass is 10.1. The molecule has 0 aliphatic rings. The Kier molecular flexibility index (Phi) is 5.61. The number of para-hydroxylation sites is 1. The van der Waals surface area contributed by atoms with Crippen molar-refractivity contribution in [3.63, 3.8) is 0 Å². The molecule has 0 saturated carbocycles. The van der Waals surface area contributed by atoms with E-state index in [-0.39, 0.29) is 11.6 Å². The van der Waals surface area contributed by atoms with Gasteiger partial charge < -0.3 is 16.0 Å². The maximum absolute atomic E-state index is 12.9. The molecule has 26 heavy (non-hydrogen) atoms. The molecule has 9 heteroatoms. The van der Waals surface area contributed by atoms with E-state index in [0.29, 0.717) is 5.69 Å². The summed E-state index contributed by atoms with van der Waals surface area (Å²) < 4.78 is 38.7. The van der Waals surface area contributed by atoms with Crippen molar-refractivity contribution in [1.82, 2.24) is 0 Å². The molecular formula is C17H14F3N3O3. The minimum atomic E-state index is -4.67. The van der Waals surface area contributed by atoms with Crippen LogP contribution in [-0.2, 0) is 20.6 Å². The predicted molar refractivity (Wildman–Crippen MR) is 89.4 cm³/mol. The van der Waals surface area contributed by atoms with E-state index in [9.17, 15) is 27.6 Å². The van der Waals surface area contributed by atoms with Crippen molar-refractivity contribution in [3.05, 3.63) is 54.1 Å². The Balaban J connectivity index is 2.10. The first kappa shape index (κ1) is 19.0. The smallest absolute Gasteiger partial charge is 0.326 e. The van der Waals surface area contributed by atoms with E-state index in [1.165, 1.54) is 37.3 Å². The first-order chi connectivity index (χ1) is 12.2. The maximum atomic E-state index is 12.9. The van der Waals surface area contributed by atoms with Gasteiger partial charge in [0.25, 0.3) is 0 Å². The molecule has 0 heterocycles. The van der Waals surface area contributed by atoms with E-state index in [1.54, 1.807) is 6.07 Å². The number of hydrogen-bond donors (Lipinski definition) is 3. The van der Waals surface area contributed by atoms with Crippen LogP contribution in [0.5, 0.6) is 0 Å². The largest absolute Gasteiger partial charge is 0.418 e. The highest BCUT2D eigenvalue weighted by Crippen LogP contribution is 2.34. The number of hydrogen-bond acceptors (Lipinski definition) is 3. The normalized spacial score (nSPS) is 10.8. The number of alkyl halides is 3. The van der Waals surface area contributed by atoms with Gasteiger partial charge in [-0.15, -0.1) is 0 Å². The second kappa shape index (κ2) is 7.68. The van der Waals surface area contributed by atoms with Crippen molar-refractivity contribution >= 4 is 34.8 Å². The monoisotopic (exact) mass is 365 g/mol. The summed E-state index contributed by atoms with van der Waals surface area (Å²) in [7, 11) is 0. The van der Waals surface area contributed by atoms with Crippen LogP contribution in [0.1, 0.15) is 12.5 Å². The van der Waals surface area contributed by atoms with Crippen molar-refractivity contribution in [3.8, 4) is 0 Å². The number of rotatable bonds is 3. The second-order valence-corrected chi connectivity index (χ2v) is 5.21. The lowest BCUT2D eigenvalue weighted by Crippen LogP contribution is -2.30. The molecule has 0 aliphatic carbocycles. The van der Waals surface area contributed by atoms with E-state index in [4.69, 9.17) is 0 Å². The summed E-state index contributed by atoms with van der Waals surface area (Å²) in [5.74, 6) is -2.73. The van der Waals surface area contributed by atoms with Gasteiger partial charge in [0.05, 0.1) is 11.3 Å². The molecule has 3 N–H and O–H groups in total. The highest BCUT2D eigenvalue weighted by atomic mass is 19.4. The molecule has 2 rings (SSSR count). The van der Waals surface area contributed by atoms with E-state index >= 15 is 0 Å². The lowest BCUT2D eigenvalue weighted by molar-refractivity contribution is -0.137. The third kappa shape index (κ3) is 5.07. The molecule has 0 radical (unpaired) electrons. The van der Waals surface area contributed by atoms with Crippen molar-refractivity contribution < 1.29 is 27.6 Å². The molecule has 0 aliphatic heterocycles. The lowest BCUT2D eigenvalue weighted by Gasteiger charge is -2.13. The number of carbonyl (C=O) groups is 3. The third-order valence-corrected chi connectivity index (χ3v) is 3.13. The number of nitrogens with one attached hydrogen (secondary N) is 3. The zero-order valence-electron chi connectivity index (χ0n) is 13.5. The average molecular weight is 365 g/mol. The van der Waals surface area contributed by atoms with Gasteiger partial charge in [-0.05, 0) is 30.3 Å². The van der Waals surface area contributed by atoms with Gasteiger partial charge in [-0.25, -0.2) is 0 Å². The minimum Gasteiger partial charge on any atom is -0.326 e. The molecule has 2 aromatic carbocycles. The van der Waals surface area contributed by atoms with Crippen molar-refractivity contribution in [1.29, 1.82) is 0 Å². The summed E-state index contributed by atoms with van der Waals surface area (Å²) >= 11 is 0. The zero-order valence-corrected chi connectivity index (χ0v) is 13.5.